The van der Waals surface area contributed by atoms with Crippen LogP contribution in [-0.4, -0.2) is 14.7 Å². The van der Waals surface area contributed by atoms with Gasteiger partial charge >= 0.3 is 6.18 Å². The Balaban J connectivity index is 1.66. The summed E-state index contributed by atoms with van der Waals surface area (Å²) in [6.45, 7) is 5.96. The maximum absolute atomic E-state index is 13.5. The zero-order chi connectivity index (χ0) is 26.3. The van der Waals surface area contributed by atoms with E-state index in [9.17, 15) is 13.2 Å². The Labute approximate surface area is 219 Å². The average molecular weight is 521 g/mol. The molecule has 0 saturated carbocycles. The standard InChI is InChI=1S/C29H27F3N4S/c1-4-20-11-13-22(14-12-20)36-27(26(34-28(36)37)25-10-5-6-15-33-25)24-16-18(2)35(19(24)3)23-9-7-8-21(17-23)29(30,31)32/h5-17,26-27H,4H2,1-3H3,(H,34,37)/t26-,27-/m1/s1. The molecule has 1 aliphatic heterocycles. The van der Waals surface area contributed by atoms with Crippen molar-refractivity contribution in [2.45, 2.75) is 45.5 Å². The number of hydrogen-bond acceptors (Lipinski definition) is 2. The molecule has 2 aromatic heterocycles. The van der Waals surface area contributed by atoms with E-state index in [1.165, 1.54) is 17.7 Å². The van der Waals surface area contributed by atoms with Crippen molar-refractivity contribution in [1.29, 1.82) is 0 Å². The van der Waals surface area contributed by atoms with Crippen LogP contribution in [0.5, 0.6) is 0 Å². The fourth-order valence-electron chi connectivity index (χ4n) is 5.15. The van der Waals surface area contributed by atoms with E-state index >= 15 is 0 Å². The van der Waals surface area contributed by atoms with Gasteiger partial charge in [0, 0.05) is 29.0 Å². The number of aromatic nitrogens is 2. The maximum atomic E-state index is 13.5. The van der Waals surface area contributed by atoms with Crippen molar-refractivity contribution in [1.82, 2.24) is 14.9 Å². The quantitative estimate of drug-likeness (QED) is 0.281. The summed E-state index contributed by atoms with van der Waals surface area (Å²) in [5.74, 6) is 0. The Kier molecular flexibility index (Phi) is 6.54. The molecule has 1 N–H and O–H groups in total. The first-order valence-electron chi connectivity index (χ1n) is 12.1. The fraction of sp³-hybridized carbons (Fsp3) is 0.241. The Morgan fingerprint density at radius 2 is 1.70 bits per heavy atom. The van der Waals surface area contributed by atoms with E-state index in [0.29, 0.717) is 10.8 Å². The minimum atomic E-state index is -4.42. The topological polar surface area (TPSA) is 33.1 Å². The van der Waals surface area contributed by atoms with Gasteiger partial charge in [-0.15, -0.1) is 0 Å². The average Bonchev–Trinajstić information content (AvgIpc) is 3.39. The molecule has 190 valence electrons. The van der Waals surface area contributed by atoms with Gasteiger partial charge in [-0.2, -0.15) is 13.2 Å². The zero-order valence-corrected chi connectivity index (χ0v) is 21.6. The van der Waals surface area contributed by atoms with Crippen LogP contribution in [0.1, 0.15) is 52.8 Å². The summed E-state index contributed by atoms with van der Waals surface area (Å²) in [4.78, 5) is 6.69. The number of aryl methyl sites for hydroxylation is 2. The summed E-state index contributed by atoms with van der Waals surface area (Å²) < 4.78 is 42.3. The van der Waals surface area contributed by atoms with Gasteiger partial charge in [-0.1, -0.05) is 31.2 Å². The first-order valence-corrected chi connectivity index (χ1v) is 12.6. The largest absolute Gasteiger partial charge is 0.416 e. The van der Waals surface area contributed by atoms with Crippen LogP contribution in [0.2, 0.25) is 0 Å². The second-order valence-electron chi connectivity index (χ2n) is 9.23. The Morgan fingerprint density at radius 1 is 0.946 bits per heavy atom. The van der Waals surface area contributed by atoms with Crippen LogP contribution in [0.25, 0.3) is 5.69 Å². The molecule has 0 spiro atoms. The monoisotopic (exact) mass is 520 g/mol. The third-order valence-electron chi connectivity index (χ3n) is 6.94. The molecular formula is C29H27F3N4S. The van der Waals surface area contributed by atoms with E-state index < -0.39 is 11.7 Å². The molecule has 5 rings (SSSR count). The highest BCUT2D eigenvalue weighted by Crippen LogP contribution is 2.44. The van der Waals surface area contributed by atoms with Gasteiger partial charge in [0.05, 0.1) is 23.3 Å². The number of anilines is 1. The molecule has 0 bridgehead atoms. The molecule has 8 heteroatoms. The maximum Gasteiger partial charge on any atom is 0.416 e. The smallest absolute Gasteiger partial charge is 0.351 e. The molecule has 37 heavy (non-hydrogen) atoms. The zero-order valence-electron chi connectivity index (χ0n) is 20.8. The number of nitrogens with zero attached hydrogens (tertiary/aromatic N) is 3. The number of benzene rings is 2. The first kappa shape index (κ1) is 25.0. The minimum Gasteiger partial charge on any atom is -0.351 e. The first-order chi connectivity index (χ1) is 17.7. The van der Waals surface area contributed by atoms with E-state index in [0.717, 1.165) is 40.8 Å². The van der Waals surface area contributed by atoms with E-state index in [1.807, 2.05) is 42.7 Å². The van der Waals surface area contributed by atoms with Crippen LogP contribution in [-0.2, 0) is 12.6 Å². The van der Waals surface area contributed by atoms with E-state index in [4.69, 9.17) is 12.2 Å². The van der Waals surface area contributed by atoms with Crippen LogP contribution >= 0.6 is 12.2 Å². The van der Waals surface area contributed by atoms with E-state index in [-0.39, 0.29) is 12.1 Å². The van der Waals surface area contributed by atoms with Crippen LogP contribution in [0, 0.1) is 13.8 Å². The van der Waals surface area contributed by atoms with Gasteiger partial charge in [-0.05, 0) is 92.1 Å². The van der Waals surface area contributed by atoms with Gasteiger partial charge in [-0.25, -0.2) is 0 Å². The molecule has 4 nitrogen and oxygen atoms in total. The Hall–Kier alpha value is -3.65. The van der Waals surface area contributed by atoms with Crippen molar-refractivity contribution >= 4 is 23.0 Å². The number of pyridine rings is 1. The van der Waals surface area contributed by atoms with Gasteiger partial charge < -0.3 is 14.8 Å². The van der Waals surface area contributed by atoms with Crippen molar-refractivity contribution in [3.05, 3.63) is 113 Å². The lowest BCUT2D eigenvalue weighted by Gasteiger charge is -2.28. The highest BCUT2D eigenvalue weighted by molar-refractivity contribution is 7.80. The van der Waals surface area contributed by atoms with E-state index in [2.05, 4.69) is 46.4 Å². The number of rotatable bonds is 5. The summed E-state index contributed by atoms with van der Waals surface area (Å²) in [7, 11) is 0. The summed E-state index contributed by atoms with van der Waals surface area (Å²) >= 11 is 5.83. The number of alkyl halides is 3. The molecule has 1 fully saturated rings. The molecular weight excluding hydrogens is 493 g/mol. The summed E-state index contributed by atoms with van der Waals surface area (Å²) in [6.07, 6.45) is -1.73. The third-order valence-corrected chi connectivity index (χ3v) is 7.26. The van der Waals surface area contributed by atoms with Gasteiger partial charge in [0.15, 0.2) is 5.11 Å². The molecule has 1 saturated heterocycles. The lowest BCUT2D eigenvalue weighted by molar-refractivity contribution is -0.137. The van der Waals surface area contributed by atoms with Crippen molar-refractivity contribution in [2.24, 2.45) is 0 Å². The molecule has 4 aromatic rings. The van der Waals surface area contributed by atoms with Crippen molar-refractivity contribution in [2.75, 3.05) is 4.90 Å². The van der Waals surface area contributed by atoms with Gasteiger partial charge in [-0.3, -0.25) is 4.98 Å². The van der Waals surface area contributed by atoms with Crippen LogP contribution < -0.4 is 10.2 Å². The van der Waals surface area contributed by atoms with Crippen LogP contribution in [0.15, 0.2) is 79.0 Å². The summed E-state index contributed by atoms with van der Waals surface area (Å²) in [5.41, 5.74) is 5.47. The van der Waals surface area contributed by atoms with Crippen molar-refractivity contribution < 1.29 is 13.2 Å². The van der Waals surface area contributed by atoms with Gasteiger partial charge in [0.25, 0.3) is 0 Å². The highest BCUT2D eigenvalue weighted by atomic mass is 32.1. The van der Waals surface area contributed by atoms with Crippen LogP contribution in [0.4, 0.5) is 18.9 Å². The predicted octanol–water partition coefficient (Wildman–Crippen LogP) is 7.25. The predicted molar refractivity (Wildman–Crippen MR) is 144 cm³/mol. The summed E-state index contributed by atoms with van der Waals surface area (Å²) in [5, 5.41) is 4.04. The summed E-state index contributed by atoms with van der Waals surface area (Å²) in [6, 6.07) is 21.1. The van der Waals surface area contributed by atoms with Crippen molar-refractivity contribution in [3.8, 4) is 5.69 Å². The second kappa shape index (κ2) is 9.67. The number of nitrogens with one attached hydrogen (secondary N) is 1. The normalized spacial score (nSPS) is 17.8. The van der Waals surface area contributed by atoms with Gasteiger partial charge in [0.2, 0.25) is 0 Å². The molecule has 3 heterocycles. The molecule has 0 radical (unpaired) electrons. The molecule has 1 aliphatic rings. The lowest BCUT2D eigenvalue weighted by atomic mass is 9.96. The molecule has 0 unspecified atom stereocenters. The molecule has 2 atom stereocenters. The molecule has 0 amide bonds. The number of hydrogen-bond donors (Lipinski definition) is 1. The highest BCUT2D eigenvalue weighted by Gasteiger charge is 2.42. The Morgan fingerprint density at radius 3 is 2.35 bits per heavy atom. The number of halogens is 3. The SMILES string of the molecule is CCc1ccc(N2C(=S)N[C@H](c3ccccn3)[C@H]2c2cc(C)n(-c3cccc(C(F)(F)F)c3)c2C)cc1. The molecule has 2 aromatic carbocycles. The fourth-order valence-corrected chi connectivity index (χ4v) is 5.49. The lowest BCUT2D eigenvalue weighted by Crippen LogP contribution is -2.29. The third kappa shape index (κ3) is 4.62. The van der Waals surface area contributed by atoms with Crippen molar-refractivity contribution in [3.63, 3.8) is 0 Å². The van der Waals surface area contributed by atoms with E-state index in [1.54, 1.807) is 12.3 Å². The second-order valence-corrected chi connectivity index (χ2v) is 9.61. The number of thiocarbonyl (C=S) groups is 1. The molecule has 0 aliphatic carbocycles. The Bertz CT molecular complexity index is 1430. The van der Waals surface area contributed by atoms with Gasteiger partial charge in [0.1, 0.15) is 0 Å². The van der Waals surface area contributed by atoms with Crippen LogP contribution in [0.3, 0.4) is 0 Å². The minimum absolute atomic E-state index is 0.241.